The zero-order valence-corrected chi connectivity index (χ0v) is 8.57. The van der Waals surface area contributed by atoms with E-state index in [9.17, 15) is 0 Å². The maximum Gasteiger partial charge on any atom is 0.155 e. The zero-order chi connectivity index (χ0) is 9.14. The summed E-state index contributed by atoms with van der Waals surface area (Å²) in [6, 6.07) is 4.59. The van der Waals surface area contributed by atoms with Gasteiger partial charge in [-0.05, 0) is 20.3 Å². The van der Waals surface area contributed by atoms with E-state index >= 15 is 0 Å². The van der Waals surface area contributed by atoms with Crippen LogP contribution in [0.1, 0.15) is 23.6 Å². The molecule has 0 unspecified atom stereocenters. The summed E-state index contributed by atoms with van der Waals surface area (Å²) in [4.78, 5) is 0. The van der Waals surface area contributed by atoms with Crippen LogP contribution in [0.2, 0.25) is 6.82 Å². The maximum atomic E-state index is 2.31. The highest BCUT2D eigenvalue weighted by atomic mass is 14.0. The van der Waals surface area contributed by atoms with Gasteiger partial charge in [0.05, 0.1) is 0 Å². The Balaban J connectivity index is 3.24. The number of hydrogen-bond donors (Lipinski definition) is 0. The molecule has 0 aromatic heterocycles. The molecule has 0 nitrogen and oxygen atoms in total. The second-order valence-corrected chi connectivity index (χ2v) is 3.43. The highest BCUT2D eigenvalue weighted by molar-refractivity contribution is 6.53. The van der Waals surface area contributed by atoms with Crippen molar-refractivity contribution < 1.29 is 0 Å². The molecular formula is C11H17B. The minimum absolute atomic E-state index is 1.16. The van der Waals surface area contributed by atoms with Crippen molar-refractivity contribution in [1.82, 2.24) is 0 Å². The smallest absolute Gasteiger partial charge is 0.0849 e. The standard InChI is InChI=1S/C11H17B/c1-5-10-7-8(2)6-9(3)11(10)12-4/h6-7,12H,5H2,1-4H3. The second kappa shape index (κ2) is 3.80. The van der Waals surface area contributed by atoms with Crippen molar-refractivity contribution in [3.05, 3.63) is 28.8 Å². The molecule has 0 amide bonds. The minimum atomic E-state index is 1.16. The molecule has 0 radical (unpaired) electrons. The minimum Gasteiger partial charge on any atom is -0.0849 e. The second-order valence-electron chi connectivity index (χ2n) is 3.43. The SMILES string of the molecule is CBc1c(C)cc(C)cc1CC. The Hall–Kier alpha value is -0.715. The molecular weight excluding hydrogens is 143 g/mol. The van der Waals surface area contributed by atoms with Gasteiger partial charge in [-0.25, -0.2) is 0 Å². The molecule has 0 aliphatic heterocycles. The third kappa shape index (κ3) is 1.71. The van der Waals surface area contributed by atoms with Gasteiger partial charge in [0.15, 0.2) is 7.28 Å². The van der Waals surface area contributed by atoms with Crippen LogP contribution in [0.4, 0.5) is 0 Å². The molecule has 0 fully saturated rings. The summed E-state index contributed by atoms with van der Waals surface area (Å²) in [7, 11) is 1.16. The summed E-state index contributed by atoms with van der Waals surface area (Å²) in [6.07, 6.45) is 1.16. The summed E-state index contributed by atoms with van der Waals surface area (Å²) in [5, 5.41) is 0. The Labute approximate surface area is 76.2 Å². The van der Waals surface area contributed by atoms with E-state index in [2.05, 4.69) is 39.7 Å². The van der Waals surface area contributed by atoms with E-state index in [1.54, 1.807) is 5.46 Å². The molecule has 0 N–H and O–H groups in total. The van der Waals surface area contributed by atoms with Gasteiger partial charge < -0.3 is 0 Å². The molecule has 0 spiro atoms. The van der Waals surface area contributed by atoms with Crippen LogP contribution in [0.25, 0.3) is 0 Å². The molecule has 0 aliphatic carbocycles. The summed E-state index contributed by atoms with van der Waals surface area (Å²) in [6.45, 7) is 8.85. The van der Waals surface area contributed by atoms with Crippen molar-refractivity contribution in [1.29, 1.82) is 0 Å². The molecule has 0 heterocycles. The first-order chi connectivity index (χ1) is 5.69. The van der Waals surface area contributed by atoms with E-state index in [-0.39, 0.29) is 0 Å². The van der Waals surface area contributed by atoms with Gasteiger partial charge in [-0.3, -0.25) is 0 Å². The lowest BCUT2D eigenvalue weighted by Crippen LogP contribution is -2.20. The number of benzene rings is 1. The largest absolute Gasteiger partial charge is 0.155 e. The third-order valence-electron chi connectivity index (χ3n) is 2.44. The fraction of sp³-hybridized carbons (Fsp3) is 0.455. The molecule has 64 valence electrons. The fourth-order valence-corrected chi connectivity index (χ4v) is 1.91. The van der Waals surface area contributed by atoms with E-state index in [1.165, 1.54) is 16.7 Å². The lowest BCUT2D eigenvalue weighted by molar-refractivity contribution is 1.14. The molecule has 1 aromatic carbocycles. The average molecular weight is 160 g/mol. The van der Waals surface area contributed by atoms with Gasteiger partial charge in [0.25, 0.3) is 0 Å². The van der Waals surface area contributed by atoms with Crippen molar-refractivity contribution in [2.24, 2.45) is 0 Å². The normalized spacial score (nSPS) is 10.0. The van der Waals surface area contributed by atoms with E-state index in [0.29, 0.717) is 0 Å². The van der Waals surface area contributed by atoms with E-state index in [4.69, 9.17) is 0 Å². The van der Waals surface area contributed by atoms with E-state index in [0.717, 1.165) is 13.7 Å². The molecule has 1 aromatic rings. The van der Waals surface area contributed by atoms with Crippen molar-refractivity contribution in [2.45, 2.75) is 34.0 Å². The fourth-order valence-electron chi connectivity index (χ4n) is 1.91. The molecule has 1 heteroatoms. The average Bonchev–Trinajstić information content (AvgIpc) is 2.03. The van der Waals surface area contributed by atoms with Crippen molar-refractivity contribution in [2.75, 3.05) is 0 Å². The van der Waals surface area contributed by atoms with Gasteiger partial charge in [0.1, 0.15) is 0 Å². The molecule has 12 heavy (non-hydrogen) atoms. The molecule has 0 atom stereocenters. The Morgan fingerprint density at radius 2 is 1.92 bits per heavy atom. The first-order valence-electron chi connectivity index (χ1n) is 4.78. The summed E-state index contributed by atoms with van der Waals surface area (Å²) in [5.41, 5.74) is 5.91. The van der Waals surface area contributed by atoms with E-state index in [1.807, 2.05) is 0 Å². The van der Waals surface area contributed by atoms with Gasteiger partial charge in [-0.2, -0.15) is 0 Å². The third-order valence-corrected chi connectivity index (χ3v) is 2.44. The summed E-state index contributed by atoms with van der Waals surface area (Å²) in [5.74, 6) is 0. The van der Waals surface area contributed by atoms with Crippen LogP contribution in [-0.4, -0.2) is 7.28 Å². The highest BCUT2D eigenvalue weighted by Gasteiger charge is 2.03. The van der Waals surface area contributed by atoms with Crippen LogP contribution in [0.5, 0.6) is 0 Å². The van der Waals surface area contributed by atoms with Crippen LogP contribution < -0.4 is 5.46 Å². The Morgan fingerprint density at radius 3 is 2.42 bits per heavy atom. The van der Waals surface area contributed by atoms with Gasteiger partial charge in [0.2, 0.25) is 0 Å². The Bertz CT molecular complexity index is 277. The van der Waals surface area contributed by atoms with Crippen molar-refractivity contribution in [3.63, 3.8) is 0 Å². The molecule has 0 saturated heterocycles. The van der Waals surface area contributed by atoms with Gasteiger partial charge in [-0.1, -0.05) is 48.0 Å². The Morgan fingerprint density at radius 1 is 1.25 bits per heavy atom. The monoisotopic (exact) mass is 160 g/mol. The quantitative estimate of drug-likeness (QED) is 0.580. The van der Waals surface area contributed by atoms with E-state index < -0.39 is 0 Å². The van der Waals surface area contributed by atoms with Crippen LogP contribution in [-0.2, 0) is 6.42 Å². The van der Waals surface area contributed by atoms with Gasteiger partial charge >= 0.3 is 0 Å². The first-order valence-corrected chi connectivity index (χ1v) is 4.78. The van der Waals surface area contributed by atoms with Gasteiger partial charge in [-0.15, -0.1) is 0 Å². The highest BCUT2D eigenvalue weighted by Crippen LogP contribution is 2.06. The molecule has 0 saturated carbocycles. The predicted molar refractivity (Wildman–Crippen MR) is 57.9 cm³/mol. The van der Waals surface area contributed by atoms with Crippen LogP contribution >= 0.6 is 0 Å². The predicted octanol–water partition coefficient (Wildman–Crippen LogP) is 1.98. The summed E-state index contributed by atoms with van der Waals surface area (Å²) < 4.78 is 0. The van der Waals surface area contributed by atoms with Crippen LogP contribution in [0, 0.1) is 13.8 Å². The lowest BCUT2D eigenvalue weighted by Gasteiger charge is -2.10. The topological polar surface area (TPSA) is 0 Å². The van der Waals surface area contributed by atoms with Crippen LogP contribution in [0.3, 0.4) is 0 Å². The maximum absolute atomic E-state index is 2.31. The number of aryl methyl sites for hydroxylation is 3. The first kappa shape index (κ1) is 9.37. The molecule has 0 aliphatic rings. The zero-order valence-electron chi connectivity index (χ0n) is 8.57. The molecule has 1 rings (SSSR count). The van der Waals surface area contributed by atoms with Crippen molar-refractivity contribution >= 4 is 12.7 Å². The summed E-state index contributed by atoms with van der Waals surface area (Å²) >= 11 is 0. The van der Waals surface area contributed by atoms with Gasteiger partial charge in [0, 0.05) is 0 Å². The molecule has 0 bridgehead atoms. The number of rotatable bonds is 2. The number of hydrogen-bond acceptors (Lipinski definition) is 0. The van der Waals surface area contributed by atoms with Crippen LogP contribution in [0.15, 0.2) is 12.1 Å². The van der Waals surface area contributed by atoms with Crippen molar-refractivity contribution in [3.8, 4) is 0 Å². The Kier molecular flexibility index (Phi) is 2.96. The lowest BCUT2D eigenvalue weighted by atomic mass is 9.68.